The van der Waals surface area contributed by atoms with Gasteiger partial charge in [-0.05, 0) is 48.6 Å². The lowest BCUT2D eigenvalue weighted by Crippen LogP contribution is -2.12. The number of nitrogens with zero attached hydrogens (tertiary/aromatic N) is 2. The third-order valence-electron chi connectivity index (χ3n) is 3.31. The van der Waals surface area contributed by atoms with E-state index in [1.54, 1.807) is 43.6 Å². The second-order valence-electron chi connectivity index (χ2n) is 4.80. The Balaban J connectivity index is 1.73. The van der Waals surface area contributed by atoms with Crippen LogP contribution in [0.15, 0.2) is 54.4 Å². The van der Waals surface area contributed by atoms with Gasteiger partial charge in [0, 0.05) is 18.2 Å². The van der Waals surface area contributed by atoms with Crippen molar-refractivity contribution >= 4 is 12.0 Å². The monoisotopic (exact) mass is 296 g/mol. The van der Waals surface area contributed by atoms with Crippen molar-refractivity contribution in [3.05, 3.63) is 65.7 Å². The second kappa shape index (κ2) is 6.30. The Kier molecular flexibility index (Phi) is 4.05. The first kappa shape index (κ1) is 14.1. The van der Waals surface area contributed by atoms with Crippen LogP contribution in [0.4, 0.5) is 0 Å². The molecule has 0 bridgehead atoms. The van der Waals surface area contributed by atoms with Crippen LogP contribution in [0, 0.1) is 0 Å². The van der Waals surface area contributed by atoms with Crippen LogP contribution in [-0.2, 0) is 4.74 Å². The van der Waals surface area contributed by atoms with E-state index in [-0.39, 0.29) is 5.91 Å². The number of hydrogen-bond donors (Lipinski definition) is 0. The molecule has 1 aromatic carbocycles. The number of benzene rings is 1. The van der Waals surface area contributed by atoms with Gasteiger partial charge in [0.1, 0.15) is 11.5 Å². The van der Waals surface area contributed by atoms with Crippen LogP contribution in [0.1, 0.15) is 22.5 Å². The Labute approximate surface area is 128 Å². The average molecular weight is 296 g/mol. The minimum absolute atomic E-state index is 0.182. The number of hydrogen-bond acceptors (Lipinski definition) is 4. The zero-order chi connectivity index (χ0) is 15.4. The van der Waals surface area contributed by atoms with Crippen molar-refractivity contribution < 1.29 is 14.3 Å². The van der Waals surface area contributed by atoms with Crippen LogP contribution in [0.2, 0.25) is 0 Å². The molecule has 0 unspecified atom stereocenters. The maximum absolute atomic E-state index is 12.3. The van der Waals surface area contributed by atoms with E-state index in [1.165, 1.54) is 4.68 Å². The van der Waals surface area contributed by atoms with Gasteiger partial charge in [0.05, 0.1) is 19.4 Å². The van der Waals surface area contributed by atoms with E-state index in [1.807, 2.05) is 18.2 Å². The Bertz CT molecular complexity index is 727. The summed E-state index contributed by atoms with van der Waals surface area (Å²) < 4.78 is 11.8. The Morgan fingerprint density at radius 3 is 2.77 bits per heavy atom. The third kappa shape index (κ3) is 3.09. The van der Waals surface area contributed by atoms with Gasteiger partial charge in [0.15, 0.2) is 0 Å². The molecule has 1 aliphatic heterocycles. The van der Waals surface area contributed by atoms with Crippen LogP contribution in [0.3, 0.4) is 0 Å². The van der Waals surface area contributed by atoms with E-state index in [9.17, 15) is 4.79 Å². The van der Waals surface area contributed by atoms with E-state index in [0.29, 0.717) is 17.0 Å². The quantitative estimate of drug-likeness (QED) is 0.870. The van der Waals surface area contributed by atoms with E-state index in [2.05, 4.69) is 5.10 Å². The topological polar surface area (TPSA) is 53.4 Å². The third-order valence-corrected chi connectivity index (χ3v) is 3.31. The smallest absolute Gasteiger partial charge is 0.278 e. The number of allylic oxidation sites excluding steroid dienone is 1. The van der Waals surface area contributed by atoms with Gasteiger partial charge in [0.25, 0.3) is 5.91 Å². The lowest BCUT2D eigenvalue weighted by atomic mass is 10.2. The Hall–Kier alpha value is -2.82. The van der Waals surface area contributed by atoms with Gasteiger partial charge in [-0.1, -0.05) is 0 Å². The highest BCUT2D eigenvalue weighted by atomic mass is 16.5. The first-order chi connectivity index (χ1) is 10.8. The summed E-state index contributed by atoms with van der Waals surface area (Å²) >= 11 is 0. The normalized spacial score (nSPS) is 14.0. The largest absolute Gasteiger partial charge is 0.497 e. The molecular formula is C17H16N2O3. The maximum atomic E-state index is 12.3. The molecule has 0 spiro atoms. The highest BCUT2D eigenvalue weighted by Crippen LogP contribution is 2.14. The second-order valence-corrected chi connectivity index (χ2v) is 4.80. The van der Waals surface area contributed by atoms with Crippen LogP contribution < -0.4 is 4.74 Å². The predicted molar refractivity (Wildman–Crippen MR) is 82.6 cm³/mol. The van der Waals surface area contributed by atoms with Crippen molar-refractivity contribution in [1.82, 2.24) is 9.78 Å². The molecule has 5 heteroatoms. The highest BCUT2D eigenvalue weighted by molar-refractivity contribution is 5.95. The van der Waals surface area contributed by atoms with Gasteiger partial charge >= 0.3 is 0 Å². The van der Waals surface area contributed by atoms with Crippen LogP contribution >= 0.6 is 0 Å². The van der Waals surface area contributed by atoms with Crippen LogP contribution in [0.5, 0.6) is 5.75 Å². The molecule has 0 saturated heterocycles. The highest BCUT2D eigenvalue weighted by Gasteiger charge is 2.10. The lowest BCUT2D eigenvalue weighted by molar-refractivity contribution is 0.0945. The molecule has 22 heavy (non-hydrogen) atoms. The van der Waals surface area contributed by atoms with Crippen molar-refractivity contribution in [1.29, 1.82) is 0 Å². The van der Waals surface area contributed by atoms with Crippen LogP contribution in [0.25, 0.3) is 6.08 Å². The molecule has 0 aliphatic carbocycles. The van der Waals surface area contributed by atoms with Gasteiger partial charge in [0.2, 0.25) is 0 Å². The minimum Gasteiger partial charge on any atom is -0.497 e. The molecule has 0 radical (unpaired) electrons. The van der Waals surface area contributed by atoms with Crippen molar-refractivity contribution in [2.75, 3.05) is 13.7 Å². The summed E-state index contributed by atoms with van der Waals surface area (Å²) in [6.45, 7) is 0.726. The van der Waals surface area contributed by atoms with Crippen molar-refractivity contribution in [3.63, 3.8) is 0 Å². The number of carbonyl (C=O) groups is 1. The summed E-state index contributed by atoms with van der Waals surface area (Å²) in [7, 11) is 1.59. The molecule has 0 saturated carbocycles. The fourth-order valence-corrected chi connectivity index (χ4v) is 2.13. The van der Waals surface area contributed by atoms with Gasteiger partial charge in [-0.15, -0.1) is 0 Å². The average Bonchev–Trinajstić information content (AvgIpc) is 3.24. The molecule has 0 atom stereocenters. The number of aromatic nitrogens is 2. The van der Waals surface area contributed by atoms with E-state index < -0.39 is 0 Å². The Morgan fingerprint density at radius 1 is 1.27 bits per heavy atom. The summed E-state index contributed by atoms with van der Waals surface area (Å²) in [4.78, 5) is 12.3. The summed E-state index contributed by atoms with van der Waals surface area (Å²) in [6.07, 6.45) is 8.29. The number of methoxy groups -OCH3 is 1. The number of rotatable bonds is 4. The molecule has 0 N–H and O–H groups in total. The van der Waals surface area contributed by atoms with Crippen molar-refractivity contribution in [2.45, 2.75) is 6.42 Å². The Morgan fingerprint density at radius 2 is 2.09 bits per heavy atom. The summed E-state index contributed by atoms with van der Waals surface area (Å²) in [5.74, 6) is 1.38. The van der Waals surface area contributed by atoms with Gasteiger partial charge in [-0.3, -0.25) is 4.79 Å². The molecular weight excluding hydrogens is 280 g/mol. The SMILES string of the molecule is COc1ccc(C(=O)n2ccc(/C=C/C3=CCCO3)n2)cc1. The van der Waals surface area contributed by atoms with Gasteiger partial charge in [-0.25, -0.2) is 4.68 Å². The van der Waals surface area contributed by atoms with Crippen LogP contribution in [-0.4, -0.2) is 29.4 Å². The molecule has 1 aromatic heterocycles. The first-order valence-corrected chi connectivity index (χ1v) is 7.02. The molecule has 5 nitrogen and oxygen atoms in total. The summed E-state index contributed by atoms with van der Waals surface area (Å²) in [5, 5.41) is 4.26. The fraction of sp³-hybridized carbons (Fsp3) is 0.176. The predicted octanol–water partition coefficient (Wildman–Crippen LogP) is 2.90. The number of carbonyl (C=O) groups excluding carboxylic acids is 1. The van der Waals surface area contributed by atoms with E-state index in [0.717, 1.165) is 18.8 Å². The summed E-state index contributed by atoms with van der Waals surface area (Å²) in [5.41, 5.74) is 1.26. The molecule has 0 fully saturated rings. The van der Waals surface area contributed by atoms with E-state index >= 15 is 0 Å². The number of ether oxygens (including phenoxy) is 2. The first-order valence-electron chi connectivity index (χ1n) is 7.02. The molecule has 1 aliphatic rings. The standard InChI is InChI=1S/C17H16N2O3/c1-21-15-7-4-13(5-8-15)17(20)19-11-10-14(18-19)6-9-16-3-2-12-22-16/h3-11H,2,12H2,1H3/b9-6+. The zero-order valence-electron chi connectivity index (χ0n) is 12.2. The molecule has 2 aromatic rings. The van der Waals surface area contributed by atoms with Gasteiger partial charge < -0.3 is 9.47 Å². The minimum atomic E-state index is -0.182. The lowest BCUT2D eigenvalue weighted by Gasteiger charge is -2.02. The molecule has 0 amide bonds. The molecule has 3 rings (SSSR count). The molecule has 112 valence electrons. The molecule has 2 heterocycles. The van der Waals surface area contributed by atoms with Gasteiger partial charge in [-0.2, -0.15) is 5.10 Å². The van der Waals surface area contributed by atoms with Crippen molar-refractivity contribution in [3.8, 4) is 5.75 Å². The maximum Gasteiger partial charge on any atom is 0.278 e. The summed E-state index contributed by atoms with van der Waals surface area (Å²) in [6, 6.07) is 8.72. The van der Waals surface area contributed by atoms with E-state index in [4.69, 9.17) is 9.47 Å². The fourth-order valence-electron chi connectivity index (χ4n) is 2.13. The van der Waals surface area contributed by atoms with Crippen molar-refractivity contribution in [2.24, 2.45) is 0 Å². The zero-order valence-corrected chi connectivity index (χ0v) is 12.2.